The Morgan fingerprint density at radius 3 is 2.27 bits per heavy atom. The first-order valence-corrected chi connectivity index (χ1v) is 9.02. The summed E-state index contributed by atoms with van der Waals surface area (Å²) in [6, 6.07) is 17.5. The molecule has 0 fully saturated rings. The maximum Gasteiger partial charge on any atom is 0.323 e. The van der Waals surface area contributed by atoms with Gasteiger partial charge in [0.25, 0.3) is 0 Å². The summed E-state index contributed by atoms with van der Waals surface area (Å²) in [6.45, 7) is 0.844. The lowest BCUT2D eigenvalue weighted by molar-refractivity contribution is -0.140. The van der Waals surface area contributed by atoms with E-state index in [-0.39, 0.29) is 0 Å². The van der Waals surface area contributed by atoms with E-state index in [2.05, 4.69) is 29.6 Å². The molecule has 2 rings (SSSR count). The van der Waals surface area contributed by atoms with Gasteiger partial charge in [-0.1, -0.05) is 42.5 Å². The van der Waals surface area contributed by atoms with Crippen molar-refractivity contribution in [3.05, 3.63) is 65.7 Å². The first-order valence-electron chi connectivity index (χ1n) is 9.02. The molecule has 2 aromatic carbocycles. The number of aliphatic hydroxyl groups is 1. The molecule has 26 heavy (non-hydrogen) atoms. The molecule has 0 saturated heterocycles. The van der Waals surface area contributed by atoms with Crippen molar-refractivity contribution in [3.63, 3.8) is 0 Å². The Morgan fingerprint density at radius 2 is 1.62 bits per heavy atom. The topological polar surface area (TPSA) is 78.8 Å². The van der Waals surface area contributed by atoms with Gasteiger partial charge in [-0.05, 0) is 55.5 Å². The molecule has 0 aromatic heterocycles. The maximum atomic E-state index is 10.8. The first kappa shape index (κ1) is 19.9. The van der Waals surface area contributed by atoms with Gasteiger partial charge in [-0.3, -0.25) is 4.79 Å². The van der Waals surface area contributed by atoms with Gasteiger partial charge in [-0.25, -0.2) is 0 Å². The van der Waals surface area contributed by atoms with Gasteiger partial charge < -0.3 is 20.3 Å². The van der Waals surface area contributed by atoms with Crippen LogP contribution in [0.1, 0.15) is 24.0 Å². The number of ether oxygens (including phenoxy) is 1. The van der Waals surface area contributed by atoms with Gasteiger partial charge in [0.2, 0.25) is 0 Å². The van der Waals surface area contributed by atoms with Gasteiger partial charge in [0.1, 0.15) is 11.8 Å². The molecule has 2 aromatic rings. The monoisotopic (exact) mass is 357 g/mol. The number of aliphatic carboxylic acids is 1. The zero-order valence-corrected chi connectivity index (χ0v) is 14.9. The molecule has 0 heterocycles. The zero-order chi connectivity index (χ0) is 18.6. The van der Waals surface area contributed by atoms with Crippen LogP contribution in [0.4, 0.5) is 0 Å². The number of carboxylic acids is 1. The van der Waals surface area contributed by atoms with Crippen LogP contribution in [0, 0.1) is 0 Å². The molecule has 5 heteroatoms. The van der Waals surface area contributed by atoms with Crippen LogP contribution < -0.4 is 10.1 Å². The summed E-state index contributed by atoms with van der Waals surface area (Å²) < 4.78 is 5.78. The summed E-state index contributed by atoms with van der Waals surface area (Å²) in [4.78, 5) is 10.8. The second-order valence-corrected chi connectivity index (χ2v) is 6.21. The molecular formula is C21H27NO4. The number of benzene rings is 2. The largest absolute Gasteiger partial charge is 0.494 e. The van der Waals surface area contributed by atoms with E-state index in [4.69, 9.17) is 14.9 Å². The van der Waals surface area contributed by atoms with Gasteiger partial charge in [0.05, 0.1) is 13.2 Å². The highest BCUT2D eigenvalue weighted by Gasteiger charge is 2.14. The Morgan fingerprint density at radius 1 is 0.962 bits per heavy atom. The fraction of sp³-hybridized carbons (Fsp3) is 0.381. The SMILES string of the molecule is O=C(O)[C@H](CO)NCCCc1ccc(OCCCc2ccccc2)cc1. The minimum atomic E-state index is -1.03. The average molecular weight is 357 g/mol. The van der Waals surface area contributed by atoms with Crippen LogP contribution in [0.5, 0.6) is 5.75 Å². The Balaban J connectivity index is 1.62. The third-order valence-corrected chi connectivity index (χ3v) is 4.16. The molecule has 0 saturated carbocycles. The smallest absolute Gasteiger partial charge is 0.323 e. The molecule has 0 aliphatic heterocycles. The minimum absolute atomic E-state index is 0.397. The number of aliphatic hydroxyl groups excluding tert-OH is 1. The summed E-state index contributed by atoms with van der Waals surface area (Å²) in [6.07, 6.45) is 3.64. The summed E-state index contributed by atoms with van der Waals surface area (Å²) >= 11 is 0. The van der Waals surface area contributed by atoms with Crippen molar-refractivity contribution in [2.24, 2.45) is 0 Å². The van der Waals surface area contributed by atoms with E-state index in [1.807, 2.05) is 30.3 Å². The van der Waals surface area contributed by atoms with Gasteiger partial charge in [0, 0.05) is 0 Å². The minimum Gasteiger partial charge on any atom is -0.494 e. The molecule has 0 aliphatic rings. The molecular weight excluding hydrogens is 330 g/mol. The fourth-order valence-corrected chi connectivity index (χ4v) is 2.66. The van der Waals surface area contributed by atoms with Crippen molar-refractivity contribution in [2.45, 2.75) is 31.7 Å². The Kier molecular flexibility index (Phi) is 8.66. The maximum absolute atomic E-state index is 10.8. The van der Waals surface area contributed by atoms with Crippen molar-refractivity contribution in [2.75, 3.05) is 19.8 Å². The van der Waals surface area contributed by atoms with Crippen LogP contribution in [0.25, 0.3) is 0 Å². The van der Waals surface area contributed by atoms with Gasteiger partial charge in [0.15, 0.2) is 0 Å². The Labute approximate surface area is 154 Å². The second-order valence-electron chi connectivity index (χ2n) is 6.21. The molecule has 1 atom stereocenters. The van der Waals surface area contributed by atoms with Gasteiger partial charge >= 0.3 is 5.97 Å². The van der Waals surface area contributed by atoms with Crippen LogP contribution >= 0.6 is 0 Å². The van der Waals surface area contributed by atoms with E-state index in [1.165, 1.54) is 11.1 Å². The van der Waals surface area contributed by atoms with Crippen LogP contribution in [-0.4, -0.2) is 42.0 Å². The van der Waals surface area contributed by atoms with Crippen molar-refractivity contribution in [1.82, 2.24) is 5.32 Å². The molecule has 0 amide bonds. The highest BCUT2D eigenvalue weighted by Crippen LogP contribution is 2.14. The molecule has 5 nitrogen and oxygen atoms in total. The van der Waals surface area contributed by atoms with Gasteiger partial charge in [-0.2, -0.15) is 0 Å². The van der Waals surface area contributed by atoms with E-state index < -0.39 is 18.6 Å². The number of carbonyl (C=O) groups is 1. The molecule has 0 radical (unpaired) electrons. The van der Waals surface area contributed by atoms with Crippen molar-refractivity contribution >= 4 is 5.97 Å². The summed E-state index contributed by atoms with van der Waals surface area (Å²) in [5.74, 6) is -0.160. The highest BCUT2D eigenvalue weighted by molar-refractivity contribution is 5.73. The number of hydrogen-bond donors (Lipinski definition) is 3. The highest BCUT2D eigenvalue weighted by atomic mass is 16.5. The van der Waals surface area contributed by atoms with Gasteiger partial charge in [-0.15, -0.1) is 0 Å². The molecule has 140 valence electrons. The van der Waals surface area contributed by atoms with E-state index in [9.17, 15) is 4.79 Å². The number of rotatable bonds is 12. The van der Waals surface area contributed by atoms with Crippen molar-refractivity contribution < 1.29 is 19.7 Å². The molecule has 0 unspecified atom stereocenters. The lowest BCUT2D eigenvalue weighted by Gasteiger charge is -2.11. The van der Waals surface area contributed by atoms with Crippen LogP contribution in [0.3, 0.4) is 0 Å². The molecule has 0 aliphatic carbocycles. The Hall–Kier alpha value is -2.37. The van der Waals surface area contributed by atoms with Crippen molar-refractivity contribution in [1.29, 1.82) is 0 Å². The summed E-state index contributed by atoms with van der Waals surface area (Å²) in [5, 5.41) is 20.6. The second kappa shape index (κ2) is 11.3. The van der Waals surface area contributed by atoms with E-state index in [1.54, 1.807) is 0 Å². The summed E-state index contributed by atoms with van der Waals surface area (Å²) in [7, 11) is 0. The third kappa shape index (κ3) is 7.25. The lowest BCUT2D eigenvalue weighted by Crippen LogP contribution is -2.40. The number of aryl methyl sites for hydroxylation is 2. The van der Waals surface area contributed by atoms with Crippen LogP contribution in [0.15, 0.2) is 54.6 Å². The summed E-state index contributed by atoms with van der Waals surface area (Å²) in [5.41, 5.74) is 2.51. The fourth-order valence-electron chi connectivity index (χ4n) is 2.66. The quantitative estimate of drug-likeness (QED) is 0.509. The number of carboxylic acid groups (broad SMARTS) is 1. The zero-order valence-electron chi connectivity index (χ0n) is 14.9. The lowest BCUT2D eigenvalue weighted by atomic mass is 10.1. The van der Waals surface area contributed by atoms with E-state index in [0.29, 0.717) is 13.2 Å². The number of hydrogen-bond acceptors (Lipinski definition) is 4. The first-order chi connectivity index (χ1) is 12.7. The Bertz CT molecular complexity index is 643. The standard InChI is InChI=1S/C21H27NO4/c23-16-20(21(24)25)22-14-4-8-18-10-12-19(13-11-18)26-15-5-9-17-6-2-1-3-7-17/h1-3,6-7,10-13,20,22-23H,4-5,8-9,14-16H2,(H,24,25)/t20-/m0/s1. The molecule has 3 N–H and O–H groups in total. The predicted octanol–water partition coefficient (Wildman–Crippen LogP) is 2.67. The number of nitrogens with one attached hydrogen (secondary N) is 1. The van der Waals surface area contributed by atoms with Crippen LogP contribution in [-0.2, 0) is 17.6 Å². The average Bonchev–Trinajstić information content (AvgIpc) is 2.67. The normalized spacial score (nSPS) is 11.9. The molecule has 0 bridgehead atoms. The predicted molar refractivity (Wildman–Crippen MR) is 102 cm³/mol. The molecule has 0 spiro atoms. The van der Waals surface area contributed by atoms with Crippen molar-refractivity contribution in [3.8, 4) is 5.75 Å². The van der Waals surface area contributed by atoms with E-state index >= 15 is 0 Å². The van der Waals surface area contributed by atoms with Crippen LogP contribution in [0.2, 0.25) is 0 Å². The van der Waals surface area contributed by atoms with E-state index in [0.717, 1.165) is 31.4 Å². The third-order valence-electron chi connectivity index (χ3n) is 4.16.